The average molecular weight is 695 g/mol. The molecule has 2 aromatic carbocycles. The first-order valence-electron chi connectivity index (χ1n) is 18.6. The zero-order chi connectivity index (χ0) is 34.5. The van der Waals surface area contributed by atoms with Gasteiger partial charge in [-0.15, -0.1) is 0 Å². The number of carbonyl (C=O) groups excluding carboxylic acids is 1. The topological polar surface area (TPSA) is 60.0 Å². The third-order valence-corrected chi connectivity index (χ3v) is 14.9. The molecule has 1 aliphatic rings. The molecule has 0 radical (unpaired) electrons. The molecule has 2 unspecified atom stereocenters. The lowest BCUT2D eigenvalue weighted by atomic mass is 10.0. The first kappa shape index (κ1) is 40.3. The van der Waals surface area contributed by atoms with Crippen molar-refractivity contribution in [1.29, 1.82) is 0 Å². The van der Waals surface area contributed by atoms with Crippen molar-refractivity contribution in [3.05, 3.63) is 84.2 Å². The number of nitrogens with zero attached hydrogens (tertiary/aromatic N) is 1. The Hall–Kier alpha value is -2.12. The monoisotopic (exact) mass is 694 g/mol. The third kappa shape index (κ3) is 13.6. The molecule has 0 aliphatic heterocycles. The number of hydrogen-bond donors (Lipinski definition) is 1. The molecule has 1 amide bonds. The lowest BCUT2D eigenvalue weighted by molar-refractivity contribution is -0.121. The molecule has 6 nitrogen and oxygen atoms in total. The number of unbranched alkanes of at least 4 members (excludes halogenated alkanes) is 7. The molecule has 1 N–H and O–H groups in total. The van der Waals surface area contributed by atoms with E-state index in [4.69, 9.17) is 13.3 Å². The van der Waals surface area contributed by atoms with Crippen LogP contribution in [0.15, 0.2) is 84.2 Å². The molecule has 0 spiro atoms. The predicted octanol–water partition coefficient (Wildman–Crippen LogP) is 8.58. The first-order chi connectivity index (χ1) is 23.4. The summed E-state index contributed by atoms with van der Waals surface area (Å²) in [5.74, 6) is 0.586. The van der Waals surface area contributed by atoms with E-state index in [0.717, 1.165) is 31.9 Å². The van der Waals surface area contributed by atoms with Crippen LogP contribution in [-0.2, 0) is 18.1 Å². The largest absolute Gasteiger partial charge is 0.500 e. The Balaban J connectivity index is 1.26. The molecule has 1 aliphatic carbocycles. The number of allylic oxidation sites excluding steroid dienone is 2. The Morgan fingerprint density at radius 3 is 1.85 bits per heavy atom. The zero-order valence-electron chi connectivity index (χ0n) is 30.5. The van der Waals surface area contributed by atoms with Crippen molar-refractivity contribution in [3.63, 3.8) is 0 Å². The Bertz CT molecular complexity index is 1160. The van der Waals surface area contributed by atoms with E-state index in [1.165, 1.54) is 49.1 Å². The predicted molar refractivity (Wildman–Crippen MR) is 206 cm³/mol. The molecule has 0 bridgehead atoms. The fourth-order valence-corrected chi connectivity index (χ4v) is 11.8. The quantitative estimate of drug-likeness (QED) is 0.0608. The highest BCUT2D eigenvalue weighted by Crippen LogP contribution is 2.50. The lowest BCUT2D eigenvalue weighted by Crippen LogP contribution is -2.46. The van der Waals surface area contributed by atoms with Crippen LogP contribution in [0.5, 0.6) is 0 Å². The SMILES string of the molecule is CCO[Si](CCCNC(=O)CCCCCCCCCCN(C)C(C)C1C=CC=C1P(c1ccccc1)c1ccccc1)(OCC)OCC. The van der Waals surface area contributed by atoms with Crippen LogP contribution in [-0.4, -0.2) is 65.6 Å². The minimum absolute atomic E-state index is 0.150. The average Bonchev–Trinajstić information content (AvgIpc) is 3.58. The van der Waals surface area contributed by atoms with Gasteiger partial charge in [0.25, 0.3) is 0 Å². The maximum Gasteiger partial charge on any atom is 0.500 e. The number of nitrogens with one attached hydrogen (secondary N) is 1. The van der Waals surface area contributed by atoms with Crippen molar-refractivity contribution in [2.45, 2.75) is 104 Å². The van der Waals surface area contributed by atoms with E-state index in [0.29, 0.717) is 44.7 Å². The van der Waals surface area contributed by atoms with Crippen molar-refractivity contribution in [2.75, 3.05) is 40.0 Å². The molecule has 0 saturated heterocycles. The Morgan fingerprint density at radius 1 is 0.792 bits per heavy atom. The number of rotatable bonds is 26. The van der Waals surface area contributed by atoms with Gasteiger partial charge in [0.2, 0.25) is 5.91 Å². The molecular weight excluding hydrogens is 632 g/mol. The highest BCUT2D eigenvalue weighted by Gasteiger charge is 2.39. The number of benzene rings is 2. The first-order valence-corrected chi connectivity index (χ1v) is 21.9. The van der Waals surface area contributed by atoms with Crippen LogP contribution in [0.1, 0.15) is 91.9 Å². The van der Waals surface area contributed by atoms with Crippen LogP contribution >= 0.6 is 7.92 Å². The van der Waals surface area contributed by atoms with E-state index in [1.54, 1.807) is 5.31 Å². The van der Waals surface area contributed by atoms with Gasteiger partial charge in [-0.05, 0) is 84.4 Å². The molecule has 2 atom stereocenters. The fourth-order valence-electron chi connectivity index (χ4n) is 6.52. The molecule has 0 aromatic heterocycles. The number of hydrogen-bond acceptors (Lipinski definition) is 5. The van der Waals surface area contributed by atoms with Gasteiger partial charge in [0.05, 0.1) is 0 Å². The molecule has 8 heteroatoms. The Morgan fingerprint density at radius 2 is 1.31 bits per heavy atom. The summed E-state index contributed by atoms with van der Waals surface area (Å²) in [6.07, 6.45) is 18.2. The van der Waals surface area contributed by atoms with Gasteiger partial charge in [0, 0.05) is 50.8 Å². The van der Waals surface area contributed by atoms with Gasteiger partial charge in [-0.1, -0.05) is 117 Å². The summed E-state index contributed by atoms with van der Waals surface area (Å²) < 4.78 is 17.7. The van der Waals surface area contributed by atoms with Crippen LogP contribution in [0.4, 0.5) is 0 Å². The highest BCUT2D eigenvalue weighted by atomic mass is 31.1. The smallest absolute Gasteiger partial charge is 0.374 e. The fraction of sp³-hybridized carbons (Fsp3) is 0.575. The third-order valence-electron chi connectivity index (χ3n) is 9.17. The van der Waals surface area contributed by atoms with Crippen molar-refractivity contribution in [3.8, 4) is 0 Å². The molecule has 0 heterocycles. The summed E-state index contributed by atoms with van der Waals surface area (Å²) in [7, 11) is -0.875. The Labute approximate surface area is 294 Å². The molecule has 0 fully saturated rings. The van der Waals surface area contributed by atoms with Crippen molar-refractivity contribution in [1.82, 2.24) is 10.2 Å². The zero-order valence-corrected chi connectivity index (χ0v) is 32.4. The second-order valence-corrected chi connectivity index (χ2v) is 17.7. The molecule has 48 heavy (non-hydrogen) atoms. The summed E-state index contributed by atoms with van der Waals surface area (Å²) in [6.45, 7) is 11.8. The maximum atomic E-state index is 12.3. The number of amides is 1. The van der Waals surface area contributed by atoms with Gasteiger partial charge in [-0.25, -0.2) is 0 Å². The van der Waals surface area contributed by atoms with Gasteiger partial charge in [0.15, 0.2) is 0 Å². The minimum Gasteiger partial charge on any atom is -0.374 e. The van der Waals surface area contributed by atoms with E-state index in [-0.39, 0.29) is 5.91 Å². The second-order valence-electron chi connectivity index (χ2n) is 12.7. The van der Waals surface area contributed by atoms with Gasteiger partial charge in [-0.3, -0.25) is 4.79 Å². The highest BCUT2D eigenvalue weighted by molar-refractivity contribution is 7.76. The summed E-state index contributed by atoms with van der Waals surface area (Å²) in [5.41, 5.74) is 0. The lowest BCUT2D eigenvalue weighted by Gasteiger charge is -2.34. The van der Waals surface area contributed by atoms with Crippen LogP contribution in [0.25, 0.3) is 0 Å². The van der Waals surface area contributed by atoms with Crippen molar-refractivity contribution < 1.29 is 18.1 Å². The van der Waals surface area contributed by atoms with E-state index in [2.05, 4.69) is 103 Å². The minimum atomic E-state index is -2.62. The van der Waals surface area contributed by atoms with Gasteiger partial charge < -0.3 is 23.5 Å². The van der Waals surface area contributed by atoms with Gasteiger partial charge in [-0.2, -0.15) is 0 Å². The van der Waals surface area contributed by atoms with E-state index < -0.39 is 16.7 Å². The molecule has 266 valence electrons. The Kier molecular flexibility index (Phi) is 19.6. The van der Waals surface area contributed by atoms with Crippen LogP contribution in [0.2, 0.25) is 6.04 Å². The summed E-state index contributed by atoms with van der Waals surface area (Å²) >= 11 is 0. The summed E-state index contributed by atoms with van der Waals surface area (Å²) in [4.78, 5) is 14.9. The van der Waals surface area contributed by atoms with Crippen LogP contribution < -0.4 is 15.9 Å². The van der Waals surface area contributed by atoms with E-state index in [1.807, 2.05) is 20.8 Å². The van der Waals surface area contributed by atoms with E-state index >= 15 is 0 Å². The van der Waals surface area contributed by atoms with Crippen molar-refractivity contribution >= 4 is 33.2 Å². The molecule has 3 rings (SSSR count). The van der Waals surface area contributed by atoms with Gasteiger partial charge in [0.1, 0.15) is 0 Å². The molecular formula is C40H63N2O4PSi. The summed E-state index contributed by atoms with van der Waals surface area (Å²) in [5, 5.41) is 7.48. The van der Waals surface area contributed by atoms with Crippen molar-refractivity contribution in [2.24, 2.45) is 5.92 Å². The molecule has 2 aromatic rings. The maximum absolute atomic E-state index is 12.3. The molecule has 0 saturated carbocycles. The van der Waals surface area contributed by atoms with Gasteiger partial charge >= 0.3 is 8.80 Å². The number of carbonyl (C=O) groups is 1. The second kappa shape index (κ2) is 23.3. The van der Waals surface area contributed by atoms with Crippen LogP contribution in [0, 0.1) is 5.92 Å². The summed E-state index contributed by atoms with van der Waals surface area (Å²) in [6, 6.07) is 23.3. The van der Waals surface area contributed by atoms with E-state index in [9.17, 15) is 4.79 Å². The van der Waals surface area contributed by atoms with Crippen LogP contribution in [0.3, 0.4) is 0 Å². The normalized spacial score (nSPS) is 15.3. The standard InChI is InChI=1S/C40H63N2O4PSi/c1-6-44-48(45-7-2,46-8-3)34-24-32-41-40(43)31-21-13-11-9-10-12-14-22-33-42(5)35(4)38-29-23-30-39(38)47(36-25-17-15-18-26-36)37-27-19-16-20-28-37/h15-20,23,25-30,35,38H,6-14,21-22,24,31-34H2,1-5H3,(H,41,43).